The lowest BCUT2D eigenvalue weighted by molar-refractivity contribution is -0.140. The predicted molar refractivity (Wildman–Crippen MR) is 144 cm³/mol. The number of imide groups is 2. The molecule has 0 heterocycles. The average Bonchev–Trinajstić information content (AvgIpc) is 2.88. The zero-order valence-electron chi connectivity index (χ0n) is 22.0. The summed E-state index contributed by atoms with van der Waals surface area (Å²) in [6.45, 7) is 0. The van der Waals surface area contributed by atoms with Crippen LogP contribution in [0.1, 0.15) is 25.7 Å². The number of carboxylic acid groups (broad SMARTS) is 4. The molecule has 0 saturated carbocycles. The van der Waals surface area contributed by atoms with E-state index in [0.29, 0.717) is 9.80 Å². The molecule has 0 aromatic rings. The topological polar surface area (TPSA) is 332 Å². The minimum atomic E-state index is -1.61. The molecule has 0 aliphatic rings. The number of likely N-dealkylation sites (N-methyl/N-ethyl adjacent to an activating group) is 2. The maximum absolute atomic E-state index is 12.5. The Labute approximate surface area is 241 Å². The van der Waals surface area contributed by atoms with Crippen LogP contribution >= 0.6 is 21.6 Å². The second-order valence-electron chi connectivity index (χ2n) is 8.14. The molecule has 19 nitrogen and oxygen atoms in total. The van der Waals surface area contributed by atoms with Crippen molar-refractivity contribution < 1.29 is 64.3 Å². The second-order valence-corrected chi connectivity index (χ2v) is 10.7. The van der Waals surface area contributed by atoms with Crippen molar-refractivity contribution in [2.24, 2.45) is 11.5 Å². The van der Waals surface area contributed by atoms with E-state index in [2.05, 4.69) is 10.6 Å². The van der Waals surface area contributed by atoms with Gasteiger partial charge >= 0.3 is 24.1 Å². The minimum Gasteiger partial charge on any atom is -0.480 e. The molecule has 21 heteroatoms. The van der Waals surface area contributed by atoms with E-state index in [-0.39, 0.29) is 42.7 Å². The number of hydrogen-bond acceptors (Lipinski definition) is 12. The van der Waals surface area contributed by atoms with E-state index in [9.17, 15) is 38.4 Å². The fourth-order valence-corrected chi connectivity index (χ4v) is 4.90. The van der Waals surface area contributed by atoms with Crippen LogP contribution in [0.25, 0.3) is 0 Å². The maximum atomic E-state index is 12.5. The van der Waals surface area contributed by atoms with Crippen molar-refractivity contribution in [3.8, 4) is 0 Å². The van der Waals surface area contributed by atoms with E-state index >= 15 is 0 Å². The lowest BCUT2D eigenvalue weighted by atomic mass is 10.1. The molecule has 0 spiro atoms. The van der Waals surface area contributed by atoms with Crippen LogP contribution in [0, 0.1) is 0 Å². The van der Waals surface area contributed by atoms with Gasteiger partial charge in [0, 0.05) is 38.4 Å². The van der Waals surface area contributed by atoms with Gasteiger partial charge in [-0.1, -0.05) is 21.6 Å². The molecule has 0 aromatic heterocycles. The minimum absolute atomic E-state index is 0. The Bertz CT molecular complexity index is 909. The Morgan fingerprint density at radius 2 is 0.951 bits per heavy atom. The van der Waals surface area contributed by atoms with Crippen LogP contribution < -0.4 is 22.1 Å². The summed E-state index contributed by atoms with van der Waals surface area (Å²) < 4.78 is 0. The maximum Gasteiger partial charge on any atom is 0.413 e. The second kappa shape index (κ2) is 19.4. The molecule has 41 heavy (non-hydrogen) atoms. The SMILES string of the molecule is CN(C(=O)O)C(=O)[C@H](CSSC[C@H](NC(=O)CC[C@H](N)C(=O)O)C(=O)N(C)C(=O)O)NC(=O)CC[C@H](N)C(=O)O.O. The van der Waals surface area contributed by atoms with Crippen molar-refractivity contribution in [2.45, 2.75) is 49.9 Å². The first-order chi connectivity index (χ1) is 18.5. The highest BCUT2D eigenvalue weighted by Gasteiger charge is 2.30. The van der Waals surface area contributed by atoms with Gasteiger partial charge in [-0.15, -0.1) is 0 Å². The van der Waals surface area contributed by atoms with E-state index in [0.717, 1.165) is 35.7 Å². The van der Waals surface area contributed by atoms with Gasteiger partial charge in [0.25, 0.3) is 11.8 Å². The number of amides is 6. The number of nitrogens with one attached hydrogen (secondary N) is 2. The van der Waals surface area contributed by atoms with Gasteiger partial charge < -0.3 is 48.0 Å². The van der Waals surface area contributed by atoms with Gasteiger partial charge in [0.05, 0.1) is 0 Å². The number of aliphatic carboxylic acids is 2. The van der Waals surface area contributed by atoms with E-state index < -0.39 is 71.9 Å². The summed E-state index contributed by atoms with van der Waals surface area (Å²) in [6.07, 6.45) is -4.47. The van der Waals surface area contributed by atoms with Gasteiger partial charge in [-0.25, -0.2) is 19.4 Å². The lowest BCUT2D eigenvalue weighted by Crippen LogP contribution is -2.51. The monoisotopic (exact) mass is 630 g/mol. The summed E-state index contributed by atoms with van der Waals surface area (Å²) in [5.41, 5.74) is 10.7. The lowest BCUT2D eigenvalue weighted by Gasteiger charge is -2.23. The number of carbonyl (C=O) groups is 8. The third-order valence-corrected chi connectivity index (χ3v) is 7.48. The van der Waals surface area contributed by atoms with Gasteiger partial charge in [0.15, 0.2) is 0 Å². The summed E-state index contributed by atoms with van der Waals surface area (Å²) in [6, 6.07) is -5.45. The highest BCUT2D eigenvalue weighted by Crippen LogP contribution is 2.24. The molecule has 6 amide bonds. The van der Waals surface area contributed by atoms with Gasteiger partial charge in [-0.05, 0) is 12.8 Å². The van der Waals surface area contributed by atoms with Crippen molar-refractivity contribution >= 4 is 69.3 Å². The molecular formula is C20H34N6O13S2. The molecule has 0 radical (unpaired) electrons. The van der Waals surface area contributed by atoms with Crippen LogP contribution in [0.3, 0.4) is 0 Å². The molecule has 4 atom stereocenters. The molecule has 0 bridgehead atoms. The van der Waals surface area contributed by atoms with Crippen molar-refractivity contribution in [3.63, 3.8) is 0 Å². The van der Waals surface area contributed by atoms with E-state index in [1.807, 2.05) is 0 Å². The van der Waals surface area contributed by atoms with Gasteiger partial charge in [-0.2, -0.15) is 0 Å². The standard InChI is InChI=1S/C20H32N6O12S2.H2O/c1-25(19(35)36)15(29)11(23-13(27)5-3-9(21)17(31)32)7-39-40-8-12(16(30)26(2)20(37)38)24-14(28)6-4-10(22)18(33)34;/h9-12H,3-8,21-22H2,1-2H3,(H,23,27)(H,24,28)(H,31,32)(H,33,34)(H,35,36)(H,37,38);1H2/t9-,10-,11-,12-;/m0./s1. The summed E-state index contributed by atoms with van der Waals surface area (Å²) in [5.74, 6) is -6.75. The van der Waals surface area contributed by atoms with Crippen molar-refractivity contribution in [1.29, 1.82) is 0 Å². The summed E-state index contributed by atoms with van der Waals surface area (Å²) in [5, 5.41) is 40.4. The van der Waals surface area contributed by atoms with E-state index in [1.54, 1.807) is 0 Å². The normalized spacial score (nSPS) is 13.3. The smallest absolute Gasteiger partial charge is 0.413 e. The molecule has 0 unspecified atom stereocenters. The van der Waals surface area contributed by atoms with Crippen LogP contribution in [0.4, 0.5) is 9.59 Å². The molecule has 0 aliphatic carbocycles. The van der Waals surface area contributed by atoms with Crippen LogP contribution in [-0.2, 0) is 28.8 Å². The van der Waals surface area contributed by atoms with E-state index in [4.69, 9.17) is 31.9 Å². The first kappa shape index (κ1) is 39.5. The molecule has 0 aromatic carbocycles. The number of carboxylic acids is 2. The fraction of sp³-hybridized carbons (Fsp3) is 0.600. The quantitative estimate of drug-likeness (QED) is 0.0592. The van der Waals surface area contributed by atoms with Gasteiger partial charge in [0.1, 0.15) is 24.2 Å². The highest BCUT2D eigenvalue weighted by molar-refractivity contribution is 8.76. The summed E-state index contributed by atoms with van der Waals surface area (Å²) in [7, 11) is 3.66. The number of hydrogen-bond donors (Lipinski definition) is 8. The Morgan fingerprint density at radius 3 is 1.20 bits per heavy atom. The zero-order valence-corrected chi connectivity index (χ0v) is 23.6. The largest absolute Gasteiger partial charge is 0.480 e. The number of carbonyl (C=O) groups excluding carboxylic acids is 4. The predicted octanol–water partition coefficient (Wildman–Crippen LogP) is -2.83. The highest BCUT2D eigenvalue weighted by atomic mass is 33.1. The molecule has 0 aliphatic heterocycles. The van der Waals surface area contributed by atoms with Gasteiger partial charge in [-0.3, -0.25) is 28.8 Å². The Morgan fingerprint density at radius 1 is 0.659 bits per heavy atom. The Hall–Kier alpha value is -3.66. The molecule has 0 fully saturated rings. The first-order valence-corrected chi connectivity index (χ1v) is 13.8. The number of rotatable bonds is 17. The third-order valence-electron chi connectivity index (χ3n) is 5.05. The van der Waals surface area contributed by atoms with Crippen molar-refractivity contribution in [1.82, 2.24) is 20.4 Å². The first-order valence-electron chi connectivity index (χ1n) is 11.3. The van der Waals surface area contributed by atoms with Crippen molar-refractivity contribution in [3.05, 3.63) is 0 Å². The number of nitrogens with two attached hydrogens (primary N) is 2. The molecule has 0 rings (SSSR count). The Balaban J connectivity index is 0. The van der Waals surface area contributed by atoms with Crippen LogP contribution in [-0.4, -0.2) is 133 Å². The van der Waals surface area contributed by atoms with Gasteiger partial charge in [0.2, 0.25) is 11.8 Å². The molecule has 0 saturated heterocycles. The van der Waals surface area contributed by atoms with Crippen LogP contribution in [0.5, 0.6) is 0 Å². The molecular weight excluding hydrogens is 596 g/mol. The van der Waals surface area contributed by atoms with E-state index in [1.165, 1.54) is 0 Å². The third kappa shape index (κ3) is 15.1. The fourth-order valence-electron chi connectivity index (χ4n) is 2.59. The zero-order chi connectivity index (χ0) is 31.2. The average molecular weight is 631 g/mol. The van der Waals surface area contributed by atoms with Crippen LogP contribution in [0.2, 0.25) is 0 Å². The molecule has 234 valence electrons. The Kier molecular flexibility index (Phi) is 18.7. The molecule has 12 N–H and O–H groups in total. The summed E-state index contributed by atoms with van der Waals surface area (Å²) >= 11 is 0. The van der Waals surface area contributed by atoms with Crippen LogP contribution in [0.15, 0.2) is 0 Å². The summed E-state index contributed by atoms with van der Waals surface area (Å²) in [4.78, 5) is 94.2. The number of nitrogens with zero attached hydrogens (tertiary/aromatic N) is 2. The van der Waals surface area contributed by atoms with Crippen molar-refractivity contribution in [2.75, 3.05) is 25.6 Å².